The normalized spacial score (nSPS) is 11.9. The molecule has 0 aliphatic rings. The van der Waals surface area contributed by atoms with Crippen molar-refractivity contribution >= 4 is 12.4 Å². The number of nitrogens with two attached hydrogens (primary N) is 1. The summed E-state index contributed by atoms with van der Waals surface area (Å²) < 4.78 is 1.79. The Balaban J connectivity index is 0.00000144. The first kappa shape index (κ1) is 13.7. The predicted molar refractivity (Wildman–Crippen MR) is 69.4 cm³/mol. The number of aliphatic hydroxyl groups is 1. The zero-order valence-corrected chi connectivity index (χ0v) is 10.2. The van der Waals surface area contributed by atoms with E-state index in [2.05, 4.69) is 5.10 Å². The molecule has 92 valence electrons. The van der Waals surface area contributed by atoms with E-state index in [1.165, 1.54) is 0 Å². The fraction of sp³-hybridized carbons (Fsp3) is 0.250. The summed E-state index contributed by atoms with van der Waals surface area (Å²) in [6, 6.07) is 9.66. The van der Waals surface area contributed by atoms with Crippen molar-refractivity contribution in [3.05, 3.63) is 48.3 Å². The number of hydrogen-bond acceptors (Lipinski definition) is 3. The van der Waals surface area contributed by atoms with E-state index in [-0.39, 0.29) is 25.1 Å². The standard InChI is InChI=1S/C12H15N3O.ClH/c13-12(6-9-16)10-2-4-11(5-3-10)15-8-1-7-14-15;/h1-5,7-8,12,16H,6,9,13H2;1H. The smallest absolute Gasteiger partial charge is 0.0645 e. The highest BCUT2D eigenvalue weighted by molar-refractivity contribution is 5.85. The summed E-state index contributed by atoms with van der Waals surface area (Å²) in [6.07, 6.45) is 4.22. The minimum atomic E-state index is -0.100. The summed E-state index contributed by atoms with van der Waals surface area (Å²) in [5, 5.41) is 13.0. The van der Waals surface area contributed by atoms with Crippen LogP contribution in [0.5, 0.6) is 0 Å². The van der Waals surface area contributed by atoms with Crippen LogP contribution in [0.4, 0.5) is 0 Å². The average Bonchev–Trinajstić information content (AvgIpc) is 2.83. The minimum absolute atomic E-state index is 0. The predicted octanol–water partition coefficient (Wildman–Crippen LogP) is 1.68. The largest absolute Gasteiger partial charge is 0.396 e. The Morgan fingerprint density at radius 2 is 2.00 bits per heavy atom. The van der Waals surface area contributed by atoms with E-state index >= 15 is 0 Å². The van der Waals surface area contributed by atoms with Gasteiger partial charge in [-0.3, -0.25) is 0 Å². The van der Waals surface area contributed by atoms with Gasteiger partial charge in [0.25, 0.3) is 0 Å². The molecule has 0 radical (unpaired) electrons. The monoisotopic (exact) mass is 253 g/mol. The Morgan fingerprint density at radius 3 is 2.53 bits per heavy atom. The van der Waals surface area contributed by atoms with Gasteiger partial charge in [0.15, 0.2) is 0 Å². The molecule has 2 aromatic rings. The quantitative estimate of drug-likeness (QED) is 0.871. The molecule has 0 saturated carbocycles. The number of aliphatic hydroxyl groups excluding tert-OH is 1. The summed E-state index contributed by atoms with van der Waals surface area (Å²) in [5.74, 6) is 0. The third kappa shape index (κ3) is 3.30. The second-order valence-corrected chi connectivity index (χ2v) is 3.66. The van der Waals surface area contributed by atoms with E-state index in [0.29, 0.717) is 6.42 Å². The molecule has 0 fully saturated rings. The van der Waals surface area contributed by atoms with E-state index in [9.17, 15) is 0 Å². The maximum atomic E-state index is 8.81. The molecule has 2 rings (SSSR count). The number of aromatic nitrogens is 2. The van der Waals surface area contributed by atoms with Crippen LogP contribution in [0.15, 0.2) is 42.7 Å². The van der Waals surface area contributed by atoms with Gasteiger partial charge in [-0.1, -0.05) is 12.1 Å². The van der Waals surface area contributed by atoms with Gasteiger partial charge in [0.1, 0.15) is 0 Å². The highest BCUT2D eigenvalue weighted by Gasteiger charge is 2.05. The first-order valence-electron chi connectivity index (χ1n) is 5.27. The van der Waals surface area contributed by atoms with Crippen LogP contribution in [0.3, 0.4) is 0 Å². The Labute approximate surface area is 106 Å². The first-order valence-corrected chi connectivity index (χ1v) is 5.27. The third-order valence-electron chi connectivity index (χ3n) is 2.53. The van der Waals surface area contributed by atoms with Crippen LogP contribution in [0.2, 0.25) is 0 Å². The van der Waals surface area contributed by atoms with Gasteiger partial charge in [0.2, 0.25) is 0 Å². The number of nitrogens with zero attached hydrogens (tertiary/aromatic N) is 2. The van der Waals surface area contributed by atoms with Crippen LogP contribution in [0.1, 0.15) is 18.0 Å². The van der Waals surface area contributed by atoms with Crippen LogP contribution >= 0.6 is 12.4 Å². The van der Waals surface area contributed by atoms with Crippen molar-refractivity contribution in [3.63, 3.8) is 0 Å². The van der Waals surface area contributed by atoms with Crippen molar-refractivity contribution in [2.45, 2.75) is 12.5 Å². The van der Waals surface area contributed by atoms with E-state index < -0.39 is 0 Å². The lowest BCUT2D eigenvalue weighted by Crippen LogP contribution is -2.11. The molecule has 17 heavy (non-hydrogen) atoms. The highest BCUT2D eigenvalue weighted by Crippen LogP contribution is 2.15. The van der Waals surface area contributed by atoms with Crippen LogP contribution in [0, 0.1) is 0 Å². The lowest BCUT2D eigenvalue weighted by atomic mass is 10.0. The van der Waals surface area contributed by atoms with Crippen molar-refractivity contribution in [3.8, 4) is 5.69 Å². The maximum Gasteiger partial charge on any atom is 0.0645 e. The molecule has 0 bridgehead atoms. The molecule has 1 aromatic carbocycles. The molecule has 5 heteroatoms. The molecule has 0 spiro atoms. The first-order chi connectivity index (χ1) is 7.81. The van der Waals surface area contributed by atoms with Gasteiger partial charge in [-0.05, 0) is 30.2 Å². The van der Waals surface area contributed by atoms with Gasteiger partial charge < -0.3 is 10.8 Å². The van der Waals surface area contributed by atoms with E-state index in [1.54, 1.807) is 10.9 Å². The van der Waals surface area contributed by atoms with E-state index in [4.69, 9.17) is 10.8 Å². The molecule has 1 heterocycles. The number of benzene rings is 1. The Morgan fingerprint density at radius 1 is 1.29 bits per heavy atom. The van der Waals surface area contributed by atoms with Crippen molar-refractivity contribution in [1.82, 2.24) is 9.78 Å². The van der Waals surface area contributed by atoms with Crippen LogP contribution < -0.4 is 5.73 Å². The van der Waals surface area contributed by atoms with E-state index in [1.807, 2.05) is 36.5 Å². The molecule has 1 atom stereocenters. The number of hydrogen-bond donors (Lipinski definition) is 2. The van der Waals surface area contributed by atoms with Crippen LogP contribution in [-0.2, 0) is 0 Å². The second-order valence-electron chi connectivity index (χ2n) is 3.66. The molecule has 0 aliphatic heterocycles. The van der Waals surface area contributed by atoms with Gasteiger partial charge in [-0.2, -0.15) is 5.10 Å². The zero-order valence-electron chi connectivity index (χ0n) is 9.36. The van der Waals surface area contributed by atoms with Crippen LogP contribution in [0.25, 0.3) is 5.69 Å². The van der Waals surface area contributed by atoms with Gasteiger partial charge >= 0.3 is 0 Å². The molecular formula is C12H16ClN3O. The minimum Gasteiger partial charge on any atom is -0.396 e. The molecule has 0 amide bonds. The summed E-state index contributed by atoms with van der Waals surface area (Å²) in [5.41, 5.74) is 7.93. The SMILES string of the molecule is Cl.NC(CCO)c1ccc(-n2cccn2)cc1. The third-order valence-corrected chi connectivity index (χ3v) is 2.53. The topological polar surface area (TPSA) is 64.1 Å². The lowest BCUT2D eigenvalue weighted by Gasteiger charge is -2.10. The fourth-order valence-corrected chi connectivity index (χ4v) is 1.60. The van der Waals surface area contributed by atoms with Gasteiger partial charge in [0, 0.05) is 25.0 Å². The summed E-state index contributed by atoms with van der Waals surface area (Å²) in [7, 11) is 0. The number of halogens is 1. The summed E-state index contributed by atoms with van der Waals surface area (Å²) in [6.45, 7) is 0.113. The molecule has 0 saturated heterocycles. The molecule has 1 aromatic heterocycles. The molecule has 3 N–H and O–H groups in total. The Bertz CT molecular complexity index is 428. The summed E-state index contributed by atoms with van der Waals surface area (Å²) in [4.78, 5) is 0. The van der Waals surface area contributed by atoms with Gasteiger partial charge in [0.05, 0.1) is 5.69 Å². The second kappa shape index (κ2) is 6.39. The van der Waals surface area contributed by atoms with Crippen molar-refractivity contribution in [2.75, 3.05) is 6.61 Å². The molecule has 4 nitrogen and oxygen atoms in total. The average molecular weight is 254 g/mol. The van der Waals surface area contributed by atoms with Crippen LogP contribution in [-0.4, -0.2) is 21.5 Å². The van der Waals surface area contributed by atoms with Gasteiger partial charge in [-0.15, -0.1) is 12.4 Å². The van der Waals surface area contributed by atoms with Gasteiger partial charge in [-0.25, -0.2) is 4.68 Å². The fourth-order valence-electron chi connectivity index (χ4n) is 1.60. The van der Waals surface area contributed by atoms with E-state index in [0.717, 1.165) is 11.3 Å². The molecule has 0 aliphatic carbocycles. The molecule has 1 unspecified atom stereocenters. The Hall–Kier alpha value is -1.36. The van der Waals surface area contributed by atoms with Crippen molar-refractivity contribution < 1.29 is 5.11 Å². The van der Waals surface area contributed by atoms with Crippen molar-refractivity contribution in [1.29, 1.82) is 0 Å². The highest BCUT2D eigenvalue weighted by atomic mass is 35.5. The lowest BCUT2D eigenvalue weighted by molar-refractivity contribution is 0.276. The zero-order chi connectivity index (χ0) is 11.4. The number of rotatable bonds is 4. The maximum absolute atomic E-state index is 8.81. The Kier molecular flexibility index (Phi) is 5.15. The van der Waals surface area contributed by atoms with Crippen molar-refractivity contribution in [2.24, 2.45) is 5.73 Å². The molecular weight excluding hydrogens is 238 g/mol. The summed E-state index contributed by atoms with van der Waals surface area (Å²) >= 11 is 0.